The predicted molar refractivity (Wildman–Crippen MR) is 72.0 cm³/mol. The van der Waals surface area contributed by atoms with Crippen molar-refractivity contribution in [1.82, 2.24) is 9.97 Å². The number of nitrogens with zero attached hydrogens (tertiary/aromatic N) is 3. The highest BCUT2D eigenvalue weighted by Crippen LogP contribution is 2.32. The van der Waals surface area contributed by atoms with Crippen molar-refractivity contribution in [2.75, 3.05) is 0 Å². The van der Waals surface area contributed by atoms with Gasteiger partial charge in [0.2, 0.25) is 0 Å². The molecule has 1 N–H and O–H groups in total. The molecule has 2 rings (SSSR count). The average molecular weight is 325 g/mol. The molecule has 2 aromatic rings. The van der Waals surface area contributed by atoms with Crippen LogP contribution >= 0.6 is 11.3 Å². The number of hydrogen-bond donors (Lipinski definition) is 1. The normalized spacial score (nSPS) is 11.5. The van der Waals surface area contributed by atoms with Crippen molar-refractivity contribution < 1.29 is 23.1 Å². The van der Waals surface area contributed by atoms with E-state index in [9.17, 15) is 18.0 Å². The van der Waals surface area contributed by atoms with Crippen LogP contribution in [0.3, 0.4) is 0 Å². The minimum Gasteiger partial charge on any atom is -0.477 e. The van der Waals surface area contributed by atoms with Gasteiger partial charge < -0.3 is 5.11 Å². The standard InChI is InChI=1S/C13H6F3N3O2S/c14-13(15,16)12-18-6-8(22-12)2-4-9-7(5-17)1-3-10(19-9)11(20)21/h1-4,6H,(H,20,21)/b4-2+. The Labute approximate surface area is 126 Å². The lowest BCUT2D eigenvalue weighted by molar-refractivity contribution is -0.137. The molecule has 0 unspecified atom stereocenters. The Hall–Kier alpha value is -2.73. The van der Waals surface area contributed by atoms with Gasteiger partial charge in [-0.15, -0.1) is 11.3 Å². The van der Waals surface area contributed by atoms with E-state index >= 15 is 0 Å². The summed E-state index contributed by atoms with van der Waals surface area (Å²) < 4.78 is 37.3. The third-order valence-electron chi connectivity index (χ3n) is 2.44. The number of aromatic nitrogens is 2. The summed E-state index contributed by atoms with van der Waals surface area (Å²) in [7, 11) is 0. The number of carboxylic acids is 1. The Morgan fingerprint density at radius 2 is 2.09 bits per heavy atom. The number of carboxylic acid groups (broad SMARTS) is 1. The molecule has 0 fully saturated rings. The van der Waals surface area contributed by atoms with E-state index in [2.05, 4.69) is 9.97 Å². The Bertz CT molecular complexity index is 791. The van der Waals surface area contributed by atoms with Crippen LogP contribution in [0.25, 0.3) is 12.2 Å². The maximum Gasteiger partial charge on any atom is 0.443 e. The molecule has 2 heterocycles. The molecule has 112 valence electrons. The van der Waals surface area contributed by atoms with E-state index in [1.54, 1.807) is 0 Å². The molecule has 5 nitrogen and oxygen atoms in total. The molecule has 9 heteroatoms. The summed E-state index contributed by atoms with van der Waals surface area (Å²) in [4.78, 5) is 18.1. The van der Waals surface area contributed by atoms with Crippen molar-refractivity contribution in [3.63, 3.8) is 0 Å². The van der Waals surface area contributed by atoms with Crippen LogP contribution in [-0.2, 0) is 6.18 Å². The molecule has 0 saturated heterocycles. The predicted octanol–water partition coefficient (Wildman–Crippen LogP) is 3.30. The second-order valence-corrected chi connectivity index (χ2v) is 5.01. The number of nitriles is 1. The second-order valence-electron chi connectivity index (χ2n) is 3.95. The Morgan fingerprint density at radius 3 is 2.64 bits per heavy atom. The largest absolute Gasteiger partial charge is 0.477 e. The molecule has 0 bridgehead atoms. The molecule has 0 aliphatic heterocycles. The van der Waals surface area contributed by atoms with Crippen LogP contribution < -0.4 is 0 Å². The molecule has 0 saturated carbocycles. The molecule has 0 aliphatic carbocycles. The Morgan fingerprint density at radius 1 is 1.36 bits per heavy atom. The van der Waals surface area contributed by atoms with Gasteiger partial charge >= 0.3 is 12.1 Å². The minimum absolute atomic E-state index is 0.0596. The van der Waals surface area contributed by atoms with Gasteiger partial charge in [0.1, 0.15) is 11.8 Å². The Kier molecular flexibility index (Phi) is 4.23. The zero-order valence-corrected chi connectivity index (χ0v) is 11.4. The van der Waals surface area contributed by atoms with Crippen molar-refractivity contribution in [3.8, 4) is 6.07 Å². The van der Waals surface area contributed by atoms with Crippen LogP contribution in [0.4, 0.5) is 13.2 Å². The average Bonchev–Trinajstić information content (AvgIpc) is 2.93. The van der Waals surface area contributed by atoms with E-state index in [4.69, 9.17) is 10.4 Å². The fourth-order valence-electron chi connectivity index (χ4n) is 1.47. The number of halogens is 3. The fraction of sp³-hybridized carbons (Fsp3) is 0.0769. The van der Waals surface area contributed by atoms with E-state index in [-0.39, 0.29) is 21.8 Å². The van der Waals surface area contributed by atoms with Crippen molar-refractivity contribution in [3.05, 3.63) is 45.2 Å². The van der Waals surface area contributed by atoms with Crippen molar-refractivity contribution in [1.29, 1.82) is 5.26 Å². The monoisotopic (exact) mass is 325 g/mol. The second kappa shape index (κ2) is 5.95. The summed E-state index contributed by atoms with van der Waals surface area (Å²) >= 11 is 0.433. The summed E-state index contributed by atoms with van der Waals surface area (Å²) in [6, 6.07) is 4.28. The number of rotatable bonds is 3. The van der Waals surface area contributed by atoms with E-state index in [0.29, 0.717) is 11.3 Å². The minimum atomic E-state index is -4.52. The van der Waals surface area contributed by atoms with Crippen molar-refractivity contribution in [2.45, 2.75) is 6.18 Å². The molecule has 0 radical (unpaired) electrons. The molecule has 0 aromatic carbocycles. The van der Waals surface area contributed by atoms with Crippen LogP contribution in [-0.4, -0.2) is 21.0 Å². The van der Waals surface area contributed by atoms with E-state index < -0.39 is 17.2 Å². The Balaban J connectivity index is 2.33. The third kappa shape index (κ3) is 3.48. The number of hydrogen-bond acceptors (Lipinski definition) is 5. The zero-order chi connectivity index (χ0) is 16.3. The maximum absolute atomic E-state index is 12.4. The quantitative estimate of drug-likeness (QED) is 0.935. The first-order valence-corrected chi connectivity index (χ1v) is 6.48. The van der Waals surface area contributed by atoms with E-state index in [1.165, 1.54) is 24.3 Å². The van der Waals surface area contributed by atoms with Gasteiger partial charge in [-0.05, 0) is 24.3 Å². The molecule has 2 aromatic heterocycles. The van der Waals surface area contributed by atoms with Gasteiger partial charge in [0.25, 0.3) is 0 Å². The lowest BCUT2D eigenvalue weighted by atomic mass is 10.1. The number of alkyl halides is 3. The molecule has 0 atom stereocenters. The fourth-order valence-corrected chi connectivity index (χ4v) is 2.16. The molecule has 22 heavy (non-hydrogen) atoms. The first-order valence-electron chi connectivity index (χ1n) is 5.67. The molecular weight excluding hydrogens is 319 g/mol. The number of pyridine rings is 1. The van der Waals surface area contributed by atoms with Gasteiger partial charge in [-0.25, -0.2) is 14.8 Å². The highest BCUT2D eigenvalue weighted by molar-refractivity contribution is 7.12. The number of carbonyl (C=O) groups is 1. The van der Waals surface area contributed by atoms with Crippen LogP contribution in [0.15, 0.2) is 18.3 Å². The SMILES string of the molecule is N#Cc1ccc(C(=O)O)nc1/C=C/c1cnc(C(F)(F)F)s1. The molecule has 0 aliphatic rings. The first-order chi connectivity index (χ1) is 10.3. The smallest absolute Gasteiger partial charge is 0.443 e. The zero-order valence-electron chi connectivity index (χ0n) is 10.6. The van der Waals surface area contributed by atoms with Gasteiger partial charge in [-0.2, -0.15) is 18.4 Å². The van der Waals surface area contributed by atoms with Gasteiger partial charge in [0.05, 0.1) is 11.3 Å². The highest BCUT2D eigenvalue weighted by atomic mass is 32.1. The van der Waals surface area contributed by atoms with Crippen molar-refractivity contribution in [2.24, 2.45) is 0 Å². The van der Waals surface area contributed by atoms with Crippen molar-refractivity contribution >= 4 is 29.5 Å². The maximum atomic E-state index is 12.4. The summed E-state index contributed by atoms with van der Waals surface area (Å²) in [5.74, 6) is -1.27. The van der Waals surface area contributed by atoms with Gasteiger partial charge in [0, 0.05) is 11.1 Å². The summed E-state index contributed by atoms with van der Waals surface area (Å²) in [5, 5.41) is 16.8. The molecular formula is C13H6F3N3O2S. The van der Waals surface area contributed by atoms with E-state index in [0.717, 1.165) is 6.20 Å². The highest BCUT2D eigenvalue weighted by Gasteiger charge is 2.34. The molecule has 0 amide bonds. The number of thiazole rings is 1. The topological polar surface area (TPSA) is 86.9 Å². The third-order valence-corrected chi connectivity index (χ3v) is 3.44. The lowest BCUT2D eigenvalue weighted by Crippen LogP contribution is -2.02. The van der Waals surface area contributed by atoms with Gasteiger partial charge in [-0.1, -0.05) is 0 Å². The summed E-state index contributed by atoms with van der Waals surface area (Å²) in [5.41, 5.74) is -0.0925. The molecule has 0 spiro atoms. The van der Waals surface area contributed by atoms with Crippen LogP contribution in [0.1, 0.15) is 31.6 Å². The van der Waals surface area contributed by atoms with Gasteiger partial charge in [-0.3, -0.25) is 0 Å². The van der Waals surface area contributed by atoms with Crippen LogP contribution in [0.2, 0.25) is 0 Å². The van der Waals surface area contributed by atoms with Gasteiger partial charge in [0.15, 0.2) is 5.01 Å². The van der Waals surface area contributed by atoms with E-state index in [1.807, 2.05) is 6.07 Å². The number of aromatic carboxylic acids is 1. The van der Waals surface area contributed by atoms with Crippen LogP contribution in [0.5, 0.6) is 0 Å². The lowest BCUT2D eigenvalue weighted by Gasteiger charge is -1.99. The van der Waals surface area contributed by atoms with Crippen LogP contribution in [0, 0.1) is 11.3 Å². The summed E-state index contributed by atoms with van der Waals surface area (Å²) in [6.45, 7) is 0. The first kappa shape index (κ1) is 15.7. The summed E-state index contributed by atoms with van der Waals surface area (Å²) in [6.07, 6.45) is -0.909.